The Morgan fingerprint density at radius 2 is 2.26 bits per heavy atom. The molecule has 0 aliphatic carbocycles. The molecule has 1 saturated heterocycles. The lowest BCUT2D eigenvalue weighted by atomic mass is 10.1. The second-order valence-electron chi connectivity index (χ2n) is 5.06. The highest BCUT2D eigenvalue weighted by Crippen LogP contribution is 2.24. The number of carbonyl (C=O) groups excluding carboxylic acids is 1. The Kier molecular flexibility index (Phi) is 5.28. The molecule has 1 aliphatic rings. The van der Waals surface area contributed by atoms with E-state index >= 15 is 0 Å². The molecular formula is C15H21NO2S. The van der Waals surface area contributed by atoms with E-state index in [1.54, 1.807) is 11.8 Å². The number of thioether (sulfide) groups is 1. The van der Waals surface area contributed by atoms with E-state index in [4.69, 9.17) is 5.11 Å². The highest BCUT2D eigenvalue weighted by atomic mass is 32.2. The molecule has 104 valence electrons. The third-order valence-corrected chi connectivity index (χ3v) is 4.78. The average molecular weight is 279 g/mol. The number of amides is 1. The number of rotatable bonds is 5. The summed E-state index contributed by atoms with van der Waals surface area (Å²) in [5.74, 6) is 1.21. The van der Waals surface area contributed by atoms with Gasteiger partial charge in [0.05, 0.1) is 5.75 Å². The van der Waals surface area contributed by atoms with Crippen molar-refractivity contribution in [3.63, 3.8) is 0 Å². The molecular weight excluding hydrogens is 258 g/mol. The van der Waals surface area contributed by atoms with Crippen molar-refractivity contribution in [3.05, 3.63) is 29.8 Å². The Hall–Kier alpha value is -1.00. The molecule has 1 heterocycles. The minimum absolute atomic E-state index is 0.216. The zero-order valence-electron chi connectivity index (χ0n) is 11.3. The molecule has 1 atom stereocenters. The van der Waals surface area contributed by atoms with Gasteiger partial charge in [0, 0.05) is 24.6 Å². The first-order valence-corrected chi connectivity index (χ1v) is 7.76. The van der Waals surface area contributed by atoms with Crippen LogP contribution in [0.4, 0.5) is 0 Å². The first-order chi connectivity index (χ1) is 9.20. The molecule has 1 N–H and O–H groups in total. The molecule has 0 bridgehead atoms. The van der Waals surface area contributed by atoms with Crippen molar-refractivity contribution in [3.8, 4) is 0 Å². The Balaban J connectivity index is 1.81. The van der Waals surface area contributed by atoms with Gasteiger partial charge in [-0.25, -0.2) is 0 Å². The zero-order chi connectivity index (χ0) is 13.7. The zero-order valence-corrected chi connectivity index (χ0v) is 12.2. The van der Waals surface area contributed by atoms with Gasteiger partial charge in [-0.05, 0) is 37.3 Å². The Labute approximate surface area is 119 Å². The van der Waals surface area contributed by atoms with Crippen molar-refractivity contribution in [2.45, 2.75) is 24.7 Å². The number of benzene rings is 1. The molecule has 4 heteroatoms. The molecule has 1 unspecified atom stereocenters. The minimum atomic E-state index is 0.216. The van der Waals surface area contributed by atoms with Crippen molar-refractivity contribution in [1.82, 2.24) is 4.90 Å². The summed E-state index contributed by atoms with van der Waals surface area (Å²) in [4.78, 5) is 15.2. The van der Waals surface area contributed by atoms with Crippen molar-refractivity contribution in [2.24, 2.45) is 5.92 Å². The van der Waals surface area contributed by atoms with Gasteiger partial charge in [0.15, 0.2) is 0 Å². The predicted molar refractivity (Wildman–Crippen MR) is 78.3 cm³/mol. The van der Waals surface area contributed by atoms with Crippen LogP contribution >= 0.6 is 11.8 Å². The summed E-state index contributed by atoms with van der Waals surface area (Å²) in [5, 5.41) is 8.93. The van der Waals surface area contributed by atoms with Gasteiger partial charge in [-0.3, -0.25) is 4.79 Å². The fourth-order valence-electron chi connectivity index (χ4n) is 2.43. The first kappa shape index (κ1) is 14.4. The van der Waals surface area contributed by atoms with Crippen LogP contribution in [0, 0.1) is 12.8 Å². The van der Waals surface area contributed by atoms with E-state index in [2.05, 4.69) is 19.1 Å². The third-order valence-electron chi connectivity index (χ3n) is 3.62. The second kappa shape index (κ2) is 6.96. The minimum Gasteiger partial charge on any atom is -0.396 e. The molecule has 2 rings (SSSR count). The van der Waals surface area contributed by atoms with E-state index in [9.17, 15) is 4.79 Å². The van der Waals surface area contributed by atoms with Crippen LogP contribution in [0.3, 0.4) is 0 Å². The van der Waals surface area contributed by atoms with Crippen molar-refractivity contribution >= 4 is 17.7 Å². The number of carbonyl (C=O) groups is 1. The summed E-state index contributed by atoms with van der Waals surface area (Å²) < 4.78 is 0. The van der Waals surface area contributed by atoms with Crippen molar-refractivity contribution in [2.75, 3.05) is 25.4 Å². The summed E-state index contributed by atoms with van der Waals surface area (Å²) in [6.45, 7) is 3.95. The normalized spacial score (nSPS) is 18.8. The lowest BCUT2D eigenvalue weighted by Gasteiger charge is -2.16. The molecule has 0 spiro atoms. The van der Waals surface area contributed by atoms with Gasteiger partial charge in [0.1, 0.15) is 0 Å². The summed E-state index contributed by atoms with van der Waals surface area (Å²) in [7, 11) is 0. The molecule has 0 aromatic heterocycles. The summed E-state index contributed by atoms with van der Waals surface area (Å²) in [6, 6.07) is 8.15. The molecule has 1 aromatic carbocycles. The van der Waals surface area contributed by atoms with Gasteiger partial charge in [-0.1, -0.05) is 18.2 Å². The van der Waals surface area contributed by atoms with Gasteiger partial charge < -0.3 is 10.0 Å². The monoisotopic (exact) mass is 279 g/mol. The average Bonchev–Trinajstić information content (AvgIpc) is 2.87. The quantitative estimate of drug-likeness (QED) is 0.841. The number of hydrogen-bond acceptors (Lipinski definition) is 3. The van der Waals surface area contributed by atoms with Crippen LogP contribution in [0.15, 0.2) is 29.2 Å². The van der Waals surface area contributed by atoms with E-state index in [0.29, 0.717) is 11.7 Å². The number of likely N-dealkylation sites (tertiary alicyclic amines) is 1. The van der Waals surface area contributed by atoms with E-state index in [-0.39, 0.29) is 12.5 Å². The summed E-state index contributed by atoms with van der Waals surface area (Å²) in [5.41, 5.74) is 1.22. The van der Waals surface area contributed by atoms with Gasteiger partial charge in [-0.2, -0.15) is 0 Å². The van der Waals surface area contributed by atoms with Crippen LogP contribution in [0.5, 0.6) is 0 Å². The van der Waals surface area contributed by atoms with Gasteiger partial charge in [0.2, 0.25) is 5.91 Å². The first-order valence-electron chi connectivity index (χ1n) is 6.77. The molecule has 1 aromatic rings. The maximum absolute atomic E-state index is 12.1. The van der Waals surface area contributed by atoms with Crippen LogP contribution in [0.25, 0.3) is 0 Å². The van der Waals surface area contributed by atoms with Crippen LogP contribution < -0.4 is 0 Å². The standard InChI is InChI=1S/C15H21NO2S/c1-12-4-2-3-5-14(12)19-11-15(18)16-8-6-13(10-16)7-9-17/h2-5,13,17H,6-11H2,1H3. The Morgan fingerprint density at radius 3 is 3.00 bits per heavy atom. The lowest BCUT2D eigenvalue weighted by Crippen LogP contribution is -2.30. The van der Waals surface area contributed by atoms with Crippen molar-refractivity contribution < 1.29 is 9.90 Å². The van der Waals surface area contributed by atoms with Crippen LogP contribution in [-0.4, -0.2) is 41.4 Å². The maximum Gasteiger partial charge on any atom is 0.232 e. The number of aryl methyl sites for hydroxylation is 1. The lowest BCUT2D eigenvalue weighted by molar-refractivity contribution is -0.127. The SMILES string of the molecule is Cc1ccccc1SCC(=O)N1CCC(CCO)C1. The highest BCUT2D eigenvalue weighted by molar-refractivity contribution is 8.00. The fourth-order valence-corrected chi connectivity index (χ4v) is 3.36. The largest absolute Gasteiger partial charge is 0.396 e. The van der Waals surface area contributed by atoms with Gasteiger partial charge in [-0.15, -0.1) is 11.8 Å². The van der Waals surface area contributed by atoms with E-state index in [1.165, 1.54) is 10.5 Å². The van der Waals surface area contributed by atoms with Gasteiger partial charge >= 0.3 is 0 Å². The topological polar surface area (TPSA) is 40.5 Å². The highest BCUT2D eigenvalue weighted by Gasteiger charge is 2.25. The smallest absolute Gasteiger partial charge is 0.232 e. The Morgan fingerprint density at radius 1 is 1.47 bits per heavy atom. The number of aliphatic hydroxyl groups is 1. The third kappa shape index (κ3) is 3.98. The maximum atomic E-state index is 12.1. The van der Waals surface area contributed by atoms with Crippen molar-refractivity contribution in [1.29, 1.82) is 0 Å². The van der Waals surface area contributed by atoms with Crippen LogP contribution in [0.2, 0.25) is 0 Å². The fraction of sp³-hybridized carbons (Fsp3) is 0.533. The Bertz CT molecular complexity index is 436. The number of nitrogens with zero attached hydrogens (tertiary/aromatic N) is 1. The summed E-state index contributed by atoms with van der Waals surface area (Å²) in [6.07, 6.45) is 1.84. The number of hydrogen-bond donors (Lipinski definition) is 1. The second-order valence-corrected chi connectivity index (χ2v) is 6.08. The predicted octanol–water partition coefficient (Wildman–Crippen LogP) is 2.32. The molecule has 19 heavy (non-hydrogen) atoms. The van der Waals surface area contributed by atoms with E-state index in [1.807, 2.05) is 17.0 Å². The molecule has 0 radical (unpaired) electrons. The van der Waals surface area contributed by atoms with E-state index < -0.39 is 0 Å². The summed E-state index contributed by atoms with van der Waals surface area (Å²) >= 11 is 1.62. The molecule has 3 nitrogen and oxygen atoms in total. The molecule has 1 fully saturated rings. The van der Waals surface area contributed by atoms with Gasteiger partial charge in [0.25, 0.3) is 0 Å². The molecule has 1 aliphatic heterocycles. The number of aliphatic hydroxyl groups excluding tert-OH is 1. The van der Waals surface area contributed by atoms with E-state index in [0.717, 1.165) is 25.9 Å². The molecule has 1 amide bonds. The van der Waals surface area contributed by atoms with Crippen LogP contribution in [0.1, 0.15) is 18.4 Å². The van der Waals surface area contributed by atoms with Crippen LogP contribution in [-0.2, 0) is 4.79 Å². The molecule has 0 saturated carbocycles.